The smallest absolute Gasteiger partial charge is 0.187 e. The molecule has 1 aromatic rings. The standard InChI is InChI=1S/C14H19N3O2S2/c1-9(11-7-8-12(21-11)13(18)19)16-17-14(20)15-10-5-3-2-4-6-10/h7-8,10H,2-6H2,1H3,(H,18,19)(H2,15,17,20)/p-1/b16-9-. The molecule has 1 aliphatic rings. The van der Waals surface area contributed by atoms with Crippen molar-refractivity contribution in [2.24, 2.45) is 5.10 Å². The fourth-order valence-corrected chi connectivity index (χ4v) is 3.29. The Bertz CT molecular complexity index is 548. The molecule has 2 rings (SSSR count). The Morgan fingerprint density at radius 2 is 2.00 bits per heavy atom. The fraction of sp³-hybridized carbons (Fsp3) is 0.500. The van der Waals surface area contributed by atoms with Crippen molar-refractivity contribution in [1.82, 2.24) is 10.7 Å². The SMILES string of the molecule is C/C(=N/NC(=S)NC1CCCCC1)c1ccc(C(=O)[O-])s1. The number of hydrazone groups is 1. The lowest BCUT2D eigenvalue weighted by Gasteiger charge is -2.23. The number of nitrogens with zero attached hydrogens (tertiary/aromatic N) is 1. The molecule has 0 amide bonds. The van der Waals surface area contributed by atoms with Crippen LogP contribution in [-0.2, 0) is 0 Å². The van der Waals surface area contributed by atoms with Gasteiger partial charge in [0.1, 0.15) is 0 Å². The van der Waals surface area contributed by atoms with Crippen LogP contribution in [0.15, 0.2) is 17.2 Å². The summed E-state index contributed by atoms with van der Waals surface area (Å²) >= 11 is 6.36. The number of nitrogens with one attached hydrogen (secondary N) is 2. The van der Waals surface area contributed by atoms with Crippen LogP contribution in [-0.4, -0.2) is 22.8 Å². The van der Waals surface area contributed by atoms with E-state index >= 15 is 0 Å². The van der Waals surface area contributed by atoms with Gasteiger partial charge in [-0.2, -0.15) is 5.10 Å². The Hall–Kier alpha value is -1.47. The highest BCUT2D eigenvalue weighted by atomic mass is 32.1. The first-order valence-electron chi connectivity index (χ1n) is 6.98. The number of carbonyl (C=O) groups excluding carboxylic acids is 1. The number of hydrogen-bond acceptors (Lipinski definition) is 5. The molecule has 21 heavy (non-hydrogen) atoms. The Kier molecular flexibility index (Phi) is 5.69. The molecular formula is C14H18N3O2S2-. The Labute approximate surface area is 133 Å². The molecule has 1 aromatic heterocycles. The lowest BCUT2D eigenvalue weighted by Crippen LogP contribution is -2.41. The topological polar surface area (TPSA) is 76.5 Å². The maximum Gasteiger partial charge on any atom is 0.187 e. The first-order valence-corrected chi connectivity index (χ1v) is 8.21. The highest BCUT2D eigenvalue weighted by molar-refractivity contribution is 7.80. The highest BCUT2D eigenvalue weighted by Crippen LogP contribution is 2.17. The van der Waals surface area contributed by atoms with Crippen molar-refractivity contribution >= 4 is 40.3 Å². The van der Waals surface area contributed by atoms with Crippen molar-refractivity contribution in [3.05, 3.63) is 21.9 Å². The van der Waals surface area contributed by atoms with Gasteiger partial charge < -0.3 is 15.2 Å². The van der Waals surface area contributed by atoms with Crippen molar-refractivity contribution in [2.45, 2.75) is 45.1 Å². The summed E-state index contributed by atoms with van der Waals surface area (Å²) in [5.41, 5.74) is 3.51. The molecule has 0 spiro atoms. The lowest BCUT2D eigenvalue weighted by molar-refractivity contribution is -0.254. The van der Waals surface area contributed by atoms with Gasteiger partial charge in [0.25, 0.3) is 0 Å². The number of carbonyl (C=O) groups is 1. The van der Waals surface area contributed by atoms with E-state index in [1.54, 1.807) is 13.0 Å². The zero-order valence-electron chi connectivity index (χ0n) is 11.8. The number of aromatic carboxylic acids is 1. The van der Waals surface area contributed by atoms with Gasteiger partial charge in [-0.1, -0.05) is 19.3 Å². The molecule has 0 radical (unpaired) electrons. The largest absolute Gasteiger partial charge is 0.544 e. The quantitative estimate of drug-likeness (QED) is 0.500. The van der Waals surface area contributed by atoms with E-state index in [0.717, 1.165) is 29.1 Å². The van der Waals surface area contributed by atoms with Crippen molar-refractivity contribution < 1.29 is 9.90 Å². The van der Waals surface area contributed by atoms with Crippen LogP contribution in [0.5, 0.6) is 0 Å². The van der Waals surface area contributed by atoms with E-state index in [4.69, 9.17) is 12.2 Å². The van der Waals surface area contributed by atoms with E-state index in [1.807, 2.05) is 0 Å². The molecule has 114 valence electrons. The maximum atomic E-state index is 10.7. The van der Waals surface area contributed by atoms with Gasteiger partial charge >= 0.3 is 0 Å². The molecule has 1 saturated carbocycles. The number of rotatable bonds is 4. The molecule has 0 aliphatic heterocycles. The molecule has 0 bridgehead atoms. The number of thiophene rings is 1. The van der Waals surface area contributed by atoms with E-state index in [2.05, 4.69) is 15.8 Å². The Balaban J connectivity index is 1.86. The van der Waals surface area contributed by atoms with Crippen LogP contribution in [0.3, 0.4) is 0 Å². The third-order valence-electron chi connectivity index (χ3n) is 3.43. The zero-order valence-corrected chi connectivity index (χ0v) is 13.5. The van der Waals surface area contributed by atoms with Gasteiger partial charge in [-0.15, -0.1) is 11.3 Å². The van der Waals surface area contributed by atoms with Crippen molar-refractivity contribution in [3.8, 4) is 0 Å². The van der Waals surface area contributed by atoms with Gasteiger partial charge in [0.2, 0.25) is 0 Å². The monoisotopic (exact) mass is 324 g/mol. The molecule has 5 nitrogen and oxygen atoms in total. The molecule has 2 N–H and O–H groups in total. The van der Waals surface area contributed by atoms with E-state index < -0.39 is 5.97 Å². The van der Waals surface area contributed by atoms with Crippen LogP contribution in [0.2, 0.25) is 0 Å². The molecular weight excluding hydrogens is 306 g/mol. The molecule has 1 aliphatic carbocycles. The Morgan fingerprint density at radius 1 is 1.33 bits per heavy atom. The predicted molar refractivity (Wildman–Crippen MR) is 86.6 cm³/mol. The summed E-state index contributed by atoms with van der Waals surface area (Å²) in [4.78, 5) is 11.7. The zero-order chi connectivity index (χ0) is 15.2. The normalized spacial score (nSPS) is 16.5. The van der Waals surface area contributed by atoms with Crippen LogP contribution in [0.4, 0.5) is 0 Å². The summed E-state index contributed by atoms with van der Waals surface area (Å²) in [5, 5.41) is 18.7. The van der Waals surface area contributed by atoms with Crippen molar-refractivity contribution in [3.63, 3.8) is 0 Å². The van der Waals surface area contributed by atoms with Gasteiger partial charge in [-0.25, -0.2) is 0 Å². The molecule has 1 heterocycles. The van der Waals surface area contributed by atoms with Crippen LogP contribution in [0.1, 0.15) is 53.6 Å². The van der Waals surface area contributed by atoms with E-state index in [-0.39, 0.29) is 4.88 Å². The van der Waals surface area contributed by atoms with E-state index in [1.165, 1.54) is 25.3 Å². The number of carboxylic acid groups (broad SMARTS) is 1. The number of carboxylic acids is 1. The summed E-state index contributed by atoms with van der Waals surface area (Å²) in [7, 11) is 0. The number of thiocarbonyl (C=S) groups is 1. The second-order valence-electron chi connectivity index (χ2n) is 5.07. The second kappa shape index (κ2) is 7.51. The minimum Gasteiger partial charge on any atom is -0.544 e. The summed E-state index contributed by atoms with van der Waals surface area (Å²) in [6.07, 6.45) is 6.07. The average Bonchev–Trinajstić information content (AvgIpc) is 2.96. The van der Waals surface area contributed by atoms with Crippen LogP contribution >= 0.6 is 23.6 Å². The van der Waals surface area contributed by atoms with Gasteiger partial charge in [0.15, 0.2) is 5.11 Å². The fourth-order valence-electron chi connectivity index (χ4n) is 2.30. The third-order valence-corrected chi connectivity index (χ3v) is 4.81. The minimum atomic E-state index is -1.17. The number of hydrogen-bond donors (Lipinski definition) is 2. The first kappa shape index (κ1) is 15.9. The summed E-state index contributed by atoms with van der Waals surface area (Å²) < 4.78 is 0. The van der Waals surface area contributed by atoms with Crippen molar-refractivity contribution in [1.29, 1.82) is 0 Å². The van der Waals surface area contributed by atoms with E-state index in [0.29, 0.717) is 16.9 Å². The molecule has 0 saturated heterocycles. The molecule has 7 heteroatoms. The molecule has 0 aromatic carbocycles. The predicted octanol–water partition coefficient (Wildman–Crippen LogP) is 1.63. The first-order chi connectivity index (χ1) is 10.1. The van der Waals surface area contributed by atoms with Gasteiger partial charge in [0.05, 0.1) is 21.4 Å². The van der Waals surface area contributed by atoms with Crippen LogP contribution in [0, 0.1) is 0 Å². The average molecular weight is 324 g/mol. The third kappa shape index (κ3) is 4.78. The summed E-state index contributed by atoms with van der Waals surface area (Å²) in [6, 6.07) is 3.67. The summed E-state index contributed by atoms with van der Waals surface area (Å²) in [5.74, 6) is -1.17. The lowest BCUT2D eigenvalue weighted by atomic mass is 9.96. The molecule has 0 unspecified atom stereocenters. The van der Waals surface area contributed by atoms with Gasteiger partial charge in [0, 0.05) is 6.04 Å². The summed E-state index contributed by atoms with van der Waals surface area (Å²) in [6.45, 7) is 1.81. The Morgan fingerprint density at radius 3 is 2.62 bits per heavy atom. The van der Waals surface area contributed by atoms with Crippen molar-refractivity contribution in [2.75, 3.05) is 0 Å². The van der Waals surface area contributed by atoms with E-state index in [9.17, 15) is 9.90 Å². The van der Waals surface area contributed by atoms with Gasteiger partial charge in [-0.3, -0.25) is 5.43 Å². The maximum absolute atomic E-state index is 10.7. The molecule has 0 atom stereocenters. The highest BCUT2D eigenvalue weighted by Gasteiger charge is 2.13. The minimum absolute atomic E-state index is 0.197. The molecule has 1 fully saturated rings. The van der Waals surface area contributed by atoms with Gasteiger partial charge in [-0.05, 0) is 44.1 Å². The second-order valence-corrected chi connectivity index (χ2v) is 6.56. The van der Waals surface area contributed by atoms with Crippen LogP contribution < -0.4 is 15.8 Å². The van der Waals surface area contributed by atoms with Crippen LogP contribution in [0.25, 0.3) is 0 Å².